The predicted octanol–water partition coefficient (Wildman–Crippen LogP) is 2.65. The van der Waals surface area contributed by atoms with E-state index >= 15 is 0 Å². The highest BCUT2D eigenvalue weighted by Crippen LogP contribution is 2.52. The highest BCUT2D eigenvalue weighted by Gasteiger charge is 2.52. The van der Waals surface area contributed by atoms with Crippen molar-refractivity contribution in [2.75, 3.05) is 6.61 Å². The van der Waals surface area contributed by atoms with Crippen LogP contribution in [0.2, 0.25) is 0 Å². The number of aromatic nitrogens is 1. The van der Waals surface area contributed by atoms with Gasteiger partial charge in [-0.2, -0.15) is 0 Å². The standard InChI is InChI=1S/C9H9Cl2NO/c10-9(11)5-7(9)6-13-8-3-1-2-4-12-8/h1-4,7H,5-6H2. The van der Waals surface area contributed by atoms with Crippen LogP contribution in [-0.4, -0.2) is 15.9 Å². The summed E-state index contributed by atoms with van der Waals surface area (Å²) in [5.41, 5.74) is 0. The molecule has 0 spiro atoms. The van der Waals surface area contributed by atoms with Crippen molar-refractivity contribution in [3.63, 3.8) is 0 Å². The van der Waals surface area contributed by atoms with Crippen molar-refractivity contribution in [2.24, 2.45) is 5.92 Å². The molecule has 1 aromatic rings. The Morgan fingerprint density at radius 2 is 2.31 bits per heavy atom. The Kier molecular flexibility index (Phi) is 2.35. The van der Waals surface area contributed by atoms with Gasteiger partial charge in [-0.25, -0.2) is 4.98 Å². The summed E-state index contributed by atoms with van der Waals surface area (Å²) in [6.45, 7) is 0.546. The van der Waals surface area contributed by atoms with E-state index in [-0.39, 0.29) is 5.92 Å². The molecule has 1 aromatic heterocycles. The number of halogens is 2. The van der Waals surface area contributed by atoms with Crippen LogP contribution in [0.3, 0.4) is 0 Å². The van der Waals surface area contributed by atoms with E-state index in [1.807, 2.05) is 18.2 Å². The zero-order chi connectivity index (χ0) is 9.31. The fraction of sp³-hybridized carbons (Fsp3) is 0.444. The molecular weight excluding hydrogens is 209 g/mol. The van der Waals surface area contributed by atoms with Crippen LogP contribution >= 0.6 is 23.2 Å². The van der Waals surface area contributed by atoms with E-state index in [1.165, 1.54) is 0 Å². The highest BCUT2D eigenvalue weighted by atomic mass is 35.5. The van der Waals surface area contributed by atoms with Gasteiger partial charge in [0.25, 0.3) is 0 Å². The van der Waals surface area contributed by atoms with Gasteiger partial charge in [0.1, 0.15) is 4.33 Å². The third-order valence-electron chi connectivity index (χ3n) is 2.03. The van der Waals surface area contributed by atoms with Gasteiger partial charge in [-0.05, 0) is 12.5 Å². The third kappa shape index (κ3) is 2.26. The Bertz CT molecular complexity index is 289. The van der Waals surface area contributed by atoms with Gasteiger partial charge < -0.3 is 4.74 Å². The first-order valence-electron chi connectivity index (χ1n) is 4.10. The van der Waals surface area contributed by atoms with Crippen molar-refractivity contribution in [2.45, 2.75) is 10.8 Å². The lowest BCUT2D eigenvalue weighted by Crippen LogP contribution is -2.04. The fourth-order valence-electron chi connectivity index (χ4n) is 1.07. The van der Waals surface area contributed by atoms with Crippen molar-refractivity contribution < 1.29 is 4.74 Å². The van der Waals surface area contributed by atoms with E-state index in [4.69, 9.17) is 27.9 Å². The maximum absolute atomic E-state index is 5.84. The zero-order valence-electron chi connectivity index (χ0n) is 6.91. The summed E-state index contributed by atoms with van der Waals surface area (Å²) in [6, 6.07) is 5.54. The Morgan fingerprint density at radius 3 is 2.85 bits per heavy atom. The Labute approximate surface area is 86.8 Å². The van der Waals surface area contributed by atoms with Gasteiger partial charge in [-0.15, -0.1) is 23.2 Å². The average molecular weight is 218 g/mol. The van der Waals surface area contributed by atoms with Gasteiger partial charge in [-0.1, -0.05) is 6.07 Å². The Balaban J connectivity index is 1.82. The van der Waals surface area contributed by atoms with Crippen LogP contribution in [0, 0.1) is 5.92 Å². The van der Waals surface area contributed by atoms with E-state index in [9.17, 15) is 0 Å². The molecule has 13 heavy (non-hydrogen) atoms. The molecule has 1 aliphatic carbocycles. The normalized spacial score (nSPS) is 24.0. The summed E-state index contributed by atoms with van der Waals surface area (Å²) in [6.07, 6.45) is 2.50. The van der Waals surface area contributed by atoms with Crippen LogP contribution < -0.4 is 4.74 Å². The molecule has 1 aliphatic rings. The summed E-state index contributed by atoms with van der Waals surface area (Å²) < 4.78 is 4.82. The first-order valence-corrected chi connectivity index (χ1v) is 4.86. The molecule has 0 aliphatic heterocycles. The summed E-state index contributed by atoms with van der Waals surface area (Å²) in [5, 5.41) is 0. The molecule has 2 rings (SSSR count). The minimum absolute atomic E-state index is 0.248. The summed E-state index contributed by atoms with van der Waals surface area (Å²) in [7, 11) is 0. The number of hydrogen-bond donors (Lipinski definition) is 0. The maximum Gasteiger partial charge on any atom is 0.213 e. The lowest BCUT2D eigenvalue weighted by Gasteiger charge is -2.03. The largest absolute Gasteiger partial charge is 0.477 e. The van der Waals surface area contributed by atoms with E-state index < -0.39 is 4.33 Å². The van der Waals surface area contributed by atoms with Gasteiger partial charge >= 0.3 is 0 Å². The first-order chi connectivity index (χ1) is 6.18. The van der Waals surface area contributed by atoms with Crippen molar-refractivity contribution in [3.8, 4) is 5.88 Å². The van der Waals surface area contributed by atoms with E-state index in [1.54, 1.807) is 6.20 Å². The SMILES string of the molecule is ClC1(Cl)CC1COc1ccccn1. The van der Waals surface area contributed by atoms with Crippen LogP contribution in [-0.2, 0) is 0 Å². The topological polar surface area (TPSA) is 22.1 Å². The Hall–Kier alpha value is -0.470. The van der Waals surface area contributed by atoms with Crippen LogP contribution in [0.5, 0.6) is 5.88 Å². The molecule has 0 aromatic carbocycles. The molecule has 4 heteroatoms. The Morgan fingerprint density at radius 1 is 1.54 bits per heavy atom. The molecule has 0 bridgehead atoms. The fourth-order valence-corrected chi connectivity index (χ4v) is 1.57. The quantitative estimate of drug-likeness (QED) is 0.727. The second-order valence-electron chi connectivity index (χ2n) is 3.14. The molecule has 1 unspecified atom stereocenters. The van der Waals surface area contributed by atoms with Crippen LogP contribution in [0.4, 0.5) is 0 Å². The number of rotatable bonds is 3. The van der Waals surface area contributed by atoms with Crippen molar-refractivity contribution >= 4 is 23.2 Å². The molecule has 70 valence electrons. The maximum atomic E-state index is 5.84. The molecule has 1 fully saturated rings. The monoisotopic (exact) mass is 217 g/mol. The van der Waals surface area contributed by atoms with Crippen LogP contribution in [0.25, 0.3) is 0 Å². The first kappa shape index (κ1) is 9.10. The lowest BCUT2D eigenvalue weighted by atomic mass is 10.4. The summed E-state index contributed by atoms with van der Waals surface area (Å²) in [4.78, 5) is 4.02. The molecule has 0 radical (unpaired) electrons. The molecule has 1 atom stereocenters. The van der Waals surface area contributed by atoms with Gasteiger partial charge in [0.15, 0.2) is 0 Å². The molecule has 1 heterocycles. The van der Waals surface area contributed by atoms with E-state index in [0.29, 0.717) is 12.5 Å². The number of pyridine rings is 1. The number of hydrogen-bond acceptors (Lipinski definition) is 2. The van der Waals surface area contributed by atoms with Gasteiger partial charge in [-0.3, -0.25) is 0 Å². The highest BCUT2D eigenvalue weighted by molar-refractivity contribution is 6.50. The van der Waals surface area contributed by atoms with Gasteiger partial charge in [0, 0.05) is 18.2 Å². The number of ether oxygens (including phenoxy) is 1. The van der Waals surface area contributed by atoms with Crippen molar-refractivity contribution in [1.29, 1.82) is 0 Å². The van der Waals surface area contributed by atoms with E-state index in [2.05, 4.69) is 4.98 Å². The smallest absolute Gasteiger partial charge is 0.213 e. The third-order valence-corrected chi connectivity index (χ3v) is 2.95. The molecule has 0 N–H and O–H groups in total. The summed E-state index contributed by atoms with van der Waals surface area (Å²) >= 11 is 11.7. The predicted molar refractivity (Wildman–Crippen MR) is 52.3 cm³/mol. The second kappa shape index (κ2) is 3.35. The number of alkyl halides is 2. The van der Waals surface area contributed by atoms with Crippen molar-refractivity contribution in [1.82, 2.24) is 4.98 Å². The molecule has 1 saturated carbocycles. The molecule has 0 amide bonds. The zero-order valence-corrected chi connectivity index (χ0v) is 8.42. The van der Waals surface area contributed by atoms with E-state index in [0.717, 1.165) is 6.42 Å². The molecular formula is C9H9Cl2NO. The lowest BCUT2D eigenvalue weighted by molar-refractivity contribution is 0.287. The summed E-state index contributed by atoms with van der Waals surface area (Å²) in [5.74, 6) is 0.872. The minimum atomic E-state index is -0.561. The minimum Gasteiger partial charge on any atom is -0.477 e. The van der Waals surface area contributed by atoms with Crippen LogP contribution in [0.1, 0.15) is 6.42 Å². The number of nitrogens with zero attached hydrogens (tertiary/aromatic N) is 1. The van der Waals surface area contributed by atoms with Gasteiger partial charge in [0.05, 0.1) is 6.61 Å². The average Bonchev–Trinajstić information content (AvgIpc) is 2.73. The molecule has 0 saturated heterocycles. The second-order valence-corrected chi connectivity index (χ2v) is 4.68. The molecule has 2 nitrogen and oxygen atoms in total. The van der Waals surface area contributed by atoms with Crippen LogP contribution in [0.15, 0.2) is 24.4 Å². The van der Waals surface area contributed by atoms with Gasteiger partial charge in [0.2, 0.25) is 5.88 Å². The van der Waals surface area contributed by atoms with Crippen molar-refractivity contribution in [3.05, 3.63) is 24.4 Å².